The van der Waals surface area contributed by atoms with Gasteiger partial charge in [0, 0.05) is 10.6 Å². The first-order valence-electron chi connectivity index (χ1n) is 3.90. The third-order valence-electron chi connectivity index (χ3n) is 1.88. The minimum atomic E-state index is -0.664. The maximum atomic E-state index is 12.5. The van der Waals surface area contributed by atoms with Crippen LogP contribution in [-0.2, 0) is 6.67 Å². The topological polar surface area (TPSA) is 46.2 Å². The highest BCUT2D eigenvalue weighted by molar-refractivity contribution is 6.31. The van der Waals surface area contributed by atoms with Crippen LogP contribution in [0.25, 0.3) is 0 Å². The number of aliphatic hydroxyl groups is 1. The van der Waals surface area contributed by atoms with Gasteiger partial charge < -0.3 is 10.8 Å². The summed E-state index contributed by atoms with van der Waals surface area (Å²) < 4.78 is 12.5. The second-order valence-corrected chi connectivity index (χ2v) is 3.14. The van der Waals surface area contributed by atoms with Crippen LogP contribution in [0.4, 0.5) is 4.39 Å². The van der Waals surface area contributed by atoms with Gasteiger partial charge in [-0.2, -0.15) is 0 Å². The van der Waals surface area contributed by atoms with Gasteiger partial charge in [0.2, 0.25) is 0 Å². The van der Waals surface area contributed by atoms with E-state index in [9.17, 15) is 4.39 Å². The number of halogens is 2. The highest BCUT2D eigenvalue weighted by Gasteiger charge is 2.12. The van der Waals surface area contributed by atoms with Crippen molar-refractivity contribution in [2.24, 2.45) is 5.73 Å². The van der Waals surface area contributed by atoms with Gasteiger partial charge in [-0.15, -0.1) is 0 Å². The summed E-state index contributed by atoms with van der Waals surface area (Å²) in [5.74, 6) is 0. The molecule has 72 valence electrons. The molecule has 4 heteroatoms. The lowest BCUT2D eigenvalue weighted by Crippen LogP contribution is -2.16. The van der Waals surface area contributed by atoms with Crippen molar-refractivity contribution in [3.63, 3.8) is 0 Å². The summed E-state index contributed by atoms with van der Waals surface area (Å²) in [7, 11) is 0. The van der Waals surface area contributed by atoms with Crippen LogP contribution in [0.15, 0.2) is 18.2 Å². The van der Waals surface area contributed by atoms with E-state index in [1.807, 2.05) is 0 Å². The maximum Gasteiger partial charge on any atom is 0.116 e. The average Bonchev–Trinajstić information content (AvgIpc) is 2.16. The molecule has 0 heterocycles. The minimum absolute atomic E-state index is 0.215. The van der Waals surface area contributed by atoms with Crippen LogP contribution >= 0.6 is 11.6 Å². The van der Waals surface area contributed by atoms with E-state index >= 15 is 0 Å². The van der Waals surface area contributed by atoms with Crippen molar-refractivity contribution in [2.45, 2.75) is 12.7 Å². The van der Waals surface area contributed by atoms with Crippen LogP contribution in [0.2, 0.25) is 5.02 Å². The zero-order valence-electron chi connectivity index (χ0n) is 7.00. The molecule has 0 amide bonds. The summed E-state index contributed by atoms with van der Waals surface area (Å²) in [5, 5.41) is 9.16. The van der Waals surface area contributed by atoms with Gasteiger partial charge in [-0.25, -0.2) is 4.39 Å². The number of nitrogens with two attached hydrogens (primary N) is 1. The van der Waals surface area contributed by atoms with Gasteiger partial charge in [-0.1, -0.05) is 23.7 Å². The molecule has 0 aliphatic heterocycles. The van der Waals surface area contributed by atoms with Crippen LogP contribution in [-0.4, -0.2) is 11.7 Å². The van der Waals surface area contributed by atoms with E-state index in [1.54, 1.807) is 18.2 Å². The minimum Gasteiger partial charge on any atom is -0.394 e. The summed E-state index contributed by atoms with van der Waals surface area (Å²) in [6.07, 6.45) is 0. The Bertz CT molecular complexity index is 293. The SMILES string of the molecule is NC(CO)c1cccc(Cl)c1CF. The molecule has 2 nitrogen and oxygen atoms in total. The van der Waals surface area contributed by atoms with Crippen LogP contribution < -0.4 is 5.73 Å². The Hall–Kier alpha value is -0.640. The standard InChI is InChI=1S/C9H11ClFNO/c10-8-3-1-2-6(7(8)4-11)9(12)5-13/h1-3,9,13H,4-5,12H2. The molecule has 1 aromatic rings. The summed E-state index contributed by atoms with van der Waals surface area (Å²) in [6, 6.07) is 4.39. The van der Waals surface area contributed by atoms with E-state index < -0.39 is 12.7 Å². The second kappa shape index (κ2) is 4.56. The van der Waals surface area contributed by atoms with Crippen molar-refractivity contribution in [1.29, 1.82) is 0 Å². The fourth-order valence-corrected chi connectivity index (χ4v) is 1.39. The molecule has 3 N–H and O–H groups in total. The molecule has 0 aliphatic rings. The molecule has 1 atom stereocenters. The highest BCUT2D eigenvalue weighted by Crippen LogP contribution is 2.24. The Labute approximate surface area is 81.1 Å². The quantitative estimate of drug-likeness (QED) is 0.787. The number of rotatable bonds is 3. The Morgan fingerprint density at radius 3 is 2.77 bits per heavy atom. The van der Waals surface area contributed by atoms with Gasteiger partial charge in [0.25, 0.3) is 0 Å². The van der Waals surface area contributed by atoms with Gasteiger partial charge in [-0.3, -0.25) is 0 Å². The van der Waals surface area contributed by atoms with Gasteiger partial charge in [0.05, 0.1) is 12.6 Å². The largest absolute Gasteiger partial charge is 0.394 e. The summed E-state index contributed by atoms with van der Waals surface area (Å²) in [6.45, 7) is -0.879. The lowest BCUT2D eigenvalue weighted by Gasteiger charge is -2.13. The molecule has 0 aromatic heterocycles. The molecular formula is C9H11ClFNO. The van der Waals surface area contributed by atoms with Crippen molar-refractivity contribution in [3.8, 4) is 0 Å². The molecule has 0 saturated carbocycles. The summed E-state index contributed by atoms with van der Waals surface area (Å²) in [5.41, 5.74) is 6.50. The average molecular weight is 204 g/mol. The van der Waals surface area contributed by atoms with Crippen LogP contribution in [0.1, 0.15) is 17.2 Å². The number of aliphatic hydroxyl groups excluding tert-OH is 1. The molecule has 1 unspecified atom stereocenters. The Morgan fingerprint density at radius 1 is 1.54 bits per heavy atom. The molecule has 0 radical (unpaired) electrons. The van der Waals surface area contributed by atoms with Gasteiger partial charge in [0.1, 0.15) is 6.67 Å². The molecule has 1 aromatic carbocycles. The zero-order valence-corrected chi connectivity index (χ0v) is 7.76. The third-order valence-corrected chi connectivity index (χ3v) is 2.24. The van der Waals surface area contributed by atoms with E-state index in [4.69, 9.17) is 22.4 Å². The van der Waals surface area contributed by atoms with Crippen LogP contribution in [0.3, 0.4) is 0 Å². The predicted molar refractivity (Wildman–Crippen MR) is 50.3 cm³/mol. The van der Waals surface area contributed by atoms with Gasteiger partial charge in [0.15, 0.2) is 0 Å². The molecule has 0 fully saturated rings. The van der Waals surface area contributed by atoms with Crippen LogP contribution in [0, 0.1) is 0 Å². The number of alkyl halides is 1. The fraction of sp³-hybridized carbons (Fsp3) is 0.333. The first kappa shape index (κ1) is 10.4. The van der Waals surface area contributed by atoms with Crippen LogP contribution in [0.5, 0.6) is 0 Å². The molecule has 1 rings (SSSR count). The predicted octanol–water partition coefficient (Wildman–Crippen LogP) is 1.80. The lowest BCUT2D eigenvalue weighted by molar-refractivity contribution is 0.267. The first-order chi connectivity index (χ1) is 6.20. The smallest absolute Gasteiger partial charge is 0.116 e. The second-order valence-electron chi connectivity index (χ2n) is 2.73. The molecule has 13 heavy (non-hydrogen) atoms. The fourth-order valence-electron chi connectivity index (χ4n) is 1.16. The number of hydrogen-bond acceptors (Lipinski definition) is 2. The zero-order chi connectivity index (χ0) is 9.84. The normalized spacial score (nSPS) is 12.9. The highest BCUT2D eigenvalue weighted by atomic mass is 35.5. The Morgan fingerprint density at radius 2 is 2.23 bits per heavy atom. The number of hydrogen-bond donors (Lipinski definition) is 2. The number of benzene rings is 1. The van der Waals surface area contributed by atoms with E-state index in [1.165, 1.54) is 0 Å². The molecule has 0 saturated heterocycles. The van der Waals surface area contributed by atoms with Crippen molar-refractivity contribution in [2.75, 3.05) is 6.61 Å². The van der Waals surface area contributed by atoms with Crippen molar-refractivity contribution >= 4 is 11.6 Å². The maximum absolute atomic E-state index is 12.5. The van der Waals surface area contributed by atoms with Crippen molar-refractivity contribution in [3.05, 3.63) is 34.3 Å². The molecule has 0 aliphatic carbocycles. The van der Waals surface area contributed by atoms with Gasteiger partial charge >= 0.3 is 0 Å². The van der Waals surface area contributed by atoms with Gasteiger partial charge in [-0.05, 0) is 11.6 Å². The van der Waals surface area contributed by atoms with E-state index in [2.05, 4.69) is 0 Å². The van der Waals surface area contributed by atoms with E-state index in [0.29, 0.717) is 16.1 Å². The molecule has 0 spiro atoms. The summed E-state index contributed by atoms with van der Waals surface area (Å²) >= 11 is 5.75. The lowest BCUT2D eigenvalue weighted by atomic mass is 10.0. The van der Waals surface area contributed by atoms with Crippen molar-refractivity contribution in [1.82, 2.24) is 0 Å². The van der Waals surface area contributed by atoms with Crippen molar-refractivity contribution < 1.29 is 9.50 Å². The first-order valence-corrected chi connectivity index (χ1v) is 4.28. The summed E-state index contributed by atoms with van der Waals surface area (Å²) in [4.78, 5) is 0. The Balaban J connectivity index is 3.12. The molecule has 0 bridgehead atoms. The third kappa shape index (κ3) is 2.18. The molecular weight excluding hydrogens is 193 g/mol. The monoisotopic (exact) mass is 203 g/mol. The van der Waals surface area contributed by atoms with E-state index in [-0.39, 0.29) is 6.61 Å². The van der Waals surface area contributed by atoms with E-state index in [0.717, 1.165) is 0 Å². The Kier molecular flexibility index (Phi) is 3.66.